The van der Waals surface area contributed by atoms with Crippen LogP contribution in [0.25, 0.3) is 0 Å². The standard InChI is InChI=1S/C23H22N2O4/c26-22(18-11-10-16-6-4-5-7-17(16)14-18)24-25-23(27)21-13-12-20(29-21)15-28-19-8-2-1-3-9-19/h1-3,8-14H,4-7,15H2,(H,24,26)(H,25,27). The van der Waals surface area contributed by atoms with E-state index in [-0.39, 0.29) is 18.3 Å². The minimum absolute atomic E-state index is 0.0994. The predicted octanol–water partition coefficient (Wildman–Crippen LogP) is 3.81. The molecule has 2 N–H and O–H groups in total. The summed E-state index contributed by atoms with van der Waals surface area (Å²) in [5, 5.41) is 0. The second-order valence-electron chi connectivity index (χ2n) is 6.97. The molecule has 1 aliphatic carbocycles. The van der Waals surface area contributed by atoms with Crippen LogP contribution < -0.4 is 15.6 Å². The third kappa shape index (κ3) is 4.66. The summed E-state index contributed by atoms with van der Waals surface area (Å²) < 4.78 is 11.1. The van der Waals surface area contributed by atoms with Gasteiger partial charge >= 0.3 is 5.91 Å². The van der Waals surface area contributed by atoms with Crippen LogP contribution in [0.5, 0.6) is 5.75 Å². The van der Waals surface area contributed by atoms with Gasteiger partial charge in [0.25, 0.3) is 5.91 Å². The number of amides is 2. The van der Waals surface area contributed by atoms with Crippen molar-refractivity contribution in [3.63, 3.8) is 0 Å². The number of hydrogen-bond donors (Lipinski definition) is 2. The van der Waals surface area contributed by atoms with E-state index in [0.717, 1.165) is 19.3 Å². The largest absolute Gasteiger partial charge is 0.486 e. The van der Waals surface area contributed by atoms with Crippen LogP contribution in [0.2, 0.25) is 0 Å². The molecule has 6 heteroatoms. The molecule has 0 fully saturated rings. The zero-order valence-corrected chi connectivity index (χ0v) is 15.9. The van der Waals surface area contributed by atoms with Crippen molar-refractivity contribution in [2.24, 2.45) is 0 Å². The smallest absolute Gasteiger partial charge is 0.305 e. The lowest BCUT2D eigenvalue weighted by molar-refractivity contribution is 0.0828. The highest BCUT2D eigenvalue weighted by molar-refractivity contribution is 5.98. The first kappa shape index (κ1) is 18.8. The van der Waals surface area contributed by atoms with E-state index in [2.05, 4.69) is 10.9 Å². The van der Waals surface area contributed by atoms with Gasteiger partial charge in [-0.1, -0.05) is 24.3 Å². The number of benzene rings is 2. The van der Waals surface area contributed by atoms with Gasteiger partial charge in [-0.25, -0.2) is 0 Å². The Kier molecular flexibility index (Phi) is 5.61. The number of ether oxygens (including phenoxy) is 1. The Bertz CT molecular complexity index is 1010. The molecule has 0 saturated carbocycles. The molecule has 0 unspecified atom stereocenters. The lowest BCUT2D eigenvalue weighted by Crippen LogP contribution is -2.41. The molecule has 6 nitrogen and oxygen atoms in total. The van der Waals surface area contributed by atoms with Crippen LogP contribution in [0.3, 0.4) is 0 Å². The zero-order valence-electron chi connectivity index (χ0n) is 15.9. The summed E-state index contributed by atoms with van der Waals surface area (Å²) in [6, 6.07) is 18.2. The number of fused-ring (bicyclic) bond motifs is 1. The van der Waals surface area contributed by atoms with E-state index in [0.29, 0.717) is 17.1 Å². The van der Waals surface area contributed by atoms with Crippen LogP contribution in [0.15, 0.2) is 65.1 Å². The van der Waals surface area contributed by atoms with E-state index in [1.807, 2.05) is 42.5 Å². The minimum Gasteiger partial charge on any atom is -0.486 e. The molecule has 2 aromatic carbocycles. The normalized spacial score (nSPS) is 12.7. The summed E-state index contributed by atoms with van der Waals surface area (Å²) in [5.74, 6) is 0.447. The molecule has 0 radical (unpaired) electrons. The van der Waals surface area contributed by atoms with Crippen molar-refractivity contribution in [2.45, 2.75) is 32.3 Å². The van der Waals surface area contributed by atoms with Gasteiger partial charge in [-0.05, 0) is 73.2 Å². The van der Waals surface area contributed by atoms with Gasteiger partial charge in [0, 0.05) is 5.56 Å². The molecule has 3 aromatic rings. The molecule has 1 aliphatic rings. The minimum atomic E-state index is -0.526. The maximum atomic E-state index is 12.4. The molecule has 0 saturated heterocycles. The number of hydrazine groups is 1. The predicted molar refractivity (Wildman–Crippen MR) is 107 cm³/mol. The van der Waals surface area contributed by atoms with E-state index in [4.69, 9.17) is 9.15 Å². The van der Waals surface area contributed by atoms with Crippen LogP contribution >= 0.6 is 0 Å². The number of hydrogen-bond acceptors (Lipinski definition) is 4. The summed E-state index contributed by atoms with van der Waals surface area (Å²) in [4.78, 5) is 24.6. The first-order chi connectivity index (χ1) is 14.2. The van der Waals surface area contributed by atoms with Gasteiger partial charge in [0.1, 0.15) is 18.1 Å². The van der Waals surface area contributed by atoms with Crippen LogP contribution in [-0.2, 0) is 19.4 Å². The second kappa shape index (κ2) is 8.65. The van der Waals surface area contributed by atoms with Gasteiger partial charge in [-0.3, -0.25) is 20.4 Å². The third-order valence-corrected chi connectivity index (χ3v) is 4.91. The molecule has 0 spiro atoms. The number of rotatable bonds is 5. The summed E-state index contributed by atoms with van der Waals surface area (Å²) in [5.41, 5.74) is 7.88. The van der Waals surface area contributed by atoms with Gasteiger partial charge in [-0.2, -0.15) is 0 Å². The van der Waals surface area contributed by atoms with Crippen molar-refractivity contribution < 1.29 is 18.7 Å². The van der Waals surface area contributed by atoms with Crippen LogP contribution in [-0.4, -0.2) is 11.8 Å². The van der Waals surface area contributed by atoms with Gasteiger partial charge in [-0.15, -0.1) is 0 Å². The number of aryl methyl sites for hydroxylation is 2. The summed E-state index contributed by atoms with van der Waals surface area (Å²) in [6.45, 7) is 0.207. The summed E-state index contributed by atoms with van der Waals surface area (Å²) in [6.07, 6.45) is 4.38. The Hall–Kier alpha value is -3.54. The molecule has 148 valence electrons. The van der Waals surface area contributed by atoms with Gasteiger partial charge in [0.2, 0.25) is 0 Å². The molecular formula is C23H22N2O4. The number of nitrogens with one attached hydrogen (secondary N) is 2. The molecular weight excluding hydrogens is 368 g/mol. The fourth-order valence-electron chi connectivity index (χ4n) is 3.37. The van der Waals surface area contributed by atoms with E-state index in [9.17, 15) is 9.59 Å². The van der Waals surface area contributed by atoms with Crippen molar-refractivity contribution in [3.05, 3.63) is 88.9 Å². The van der Waals surface area contributed by atoms with Crippen molar-refractivity contribution in [1.29, 1.82) is 0 Å². The lowest BCUT2D eigenvalue weighted by Gasteiger charge is -2.16. The average Bonchev–Trinajstić information content (AvgIpc) is 3.25. The van der Waals surface area contributed by atoms with Gasteiger partial charge in [0.15, 0.2) is 5.76 Å². The molecule has 0 aliphatic heterocycles. The number of para-hydroxylation sites is 1. The molecule has 2 amide bonds. The fraction of sp³-hybridized carbons (Fsp3) is 0.217. The molecule has 1 aromatic heterocycles. The number of carbonyl (C=O) groups is 2. The van der Waals surface area contributed by atoms with E-state index < -0.39 is 5.91 Å². The molecule has 0 bridgehead atoms. The third-order valence-electron chi connectivity index (χ3n) is 4.91. The maximum absolute atomic E-state index is 12.4. The monoisotopic (exact) mass is 390 g/mol. The lowest BCUT2D eigenvalue weighted by atomic mass is 9.90. The van der Waals surface area contributed by atoms with Crippen LogP contribution in [0.4, 0.5) is 0 Å². The first-order valence-electron chi connectivity index (χ1n) is 9.68. The SMILES string of the molecule is O=C(NNC(=O)c1ccc(COc2ccccc2)o1)c1ccc2c(c1)CCCC2. The second-order valence-corrected chi connectivity index (χ2v) is 6.97. The van der Waals surface area contributed by atoms with E-state index in [1.165, 1.54) is 17.5 Å². The van der Waals surface area contributed by atoms with E-state index in [1.54, 1.807) is 18.2 Å². The Morgan fingerprint density at radius 2 is 1.62 bits per heavy atom. The Labute approximate surface area is 168 Å². The number of carbonyl (C=O) groups excluding carboxylic acids is 2. The summed E-state index contributed by atoms with van der Waals surface area (Å²) in [7, 11) is 0. The highest BCUT2D eigenvalue weighted by atomic mass is 16.5. The quantitative estimate of drug-likeness (QED) is 0.649. The van der Waals surface area contributed by atoms with Crippen molar-refractivity contribution in [3.8, 4) is 5.75 Å². The Balaban J connectivity index is 1.30. The van der Waals surface area contributed by atoms with E-state index >= 15 is 0 Å². The Morgan fingerprint density at radius 3 is 2.45 bits per heavy atom. The van der Waals surface area contributed by atoms with Gasteiger partial charge in [0.05, 0.1) is 0 Å². The average molecular weight is 390 g/mol. The molecule has 29 heavy (non-hydrogen) atoms. The topological polar surface area (TPSA) is 80.6 Å². The van der Waals surface area contributed by atoms with Crippen molar-refractivity contribution >= 4 is 11.8 Å². The zero-order chi connectivity index (χ0) is 20.1. The van der Waals surface area contributed by atoms with Crippen LogP contribution in [0, 0.1) is 0 Å². The van der Waals surface area contributed by atoms with Gasteiger partial charge < -0.3 is 9.15 Å². The maximum Gasteiger partial charge on any atom is 0.305 e. The number of furan rings is 1. The van der Waals surface area contributed by atoms with Crippen molar-refractivity contribution in [2.75, 3.05) is 0 Å². The Morgan fingerprint density at radius 1 is 0.862 bits per heavy atom. The summed E-state index contributed by atoms with van der Waals surface area (Å²) >= 11 is 0. The highest BCUT2D eigenvalue weighted by Crippen LogP contribution is 2.22. The molecule has 0 atom stereocenters. The van der Waals surface area contributed by atoms with Crippen LogP contribution in [0.1, 0.15) is 50.6 Å². The highest BCUT2D eigenvalue weighted by Gasteiger charge is 2.15. The van der Waals surface area contributed by atoms with Crippen molar-refractivity contribution in [1.82, 2.24) is 10.9 Å². The first-order valence-corrected chi connectivity index (χ1v) is 9.68. The molecule has 4 rings (SSSR count). The molecule has 1 heterocycles. The fourth-order valence-corrected chi connectivity index (χ4v) is 3.37.